The van der Waals surface area contributed by atoms with Crippen molar-refractivity contribution < 1.29 is 4.74 Å². The maximum Gasteiger partial charge on any atom is 0.119 e. The zero-order valence-electron chi connectivity index (χ0n) is 10.1. The first kappa shape index (κ1) is 15.0. The van der Waals surface area contributed by atoms with Crippen molar-refractivity contribution in [3.63, 3.8) is 0 Å². The Balaban J connectivity index is 2.16. The lowest BCUT2D eigenvalue weighted by Crippen LogP contribution is -1.88. The minimum absolute atomic E-state index is 0.691. The van der Waals surface area contributed by atoms with E-state index in [-0.39, 0.29) is 0 Å². The Labute approximate surface area is 135 Å². The average Bonchev–Trinajstić information content (AvgIpc) is 2.41. The molecule has 0 amide bonds. The lowest BCUT2D eigenvalue weighted by Gasteiger charge is -2.08. The summed E-state index contributed by atoms with van der Waals surface area (Å²) in [5, 5.41) is 1.41. The number of halogens is 3. The molecule has 1 nitrogen and oxygen atoms in total. The van der Waals surface area contributed by atoms with Crippen LogP contribution in [0, 0.1) is 0 Å². The van der Waals surface area contributed by atoms with Crippen LogP contribution in [0.5, 0.6) is 5.75 Å². The van der Waals surface area contributed by atoms with Crippen LogP contribution in [0.25, 0.3) is 0 Å². The second-order valence-corrected chi connectivity index (χ2v) is 6.54. The molecule has 0 heterocycles. The van der Waals surface area contributed by atoms with Gasteiger partial charge in [-0.15, -0.1) is 11.8 Å². The van der Waals surface area contributed by atoms with E-state index in [1.54, 1.807) is 24.9 Å². The van der Waals surface area contributed by atoms with Crippen molar-refractivity contribution >= 4 is 50.9 Å². The maximum absolute atomic E-state index is 6.14. The van der Waals surface area contributed by atoms with Crippen molar-refractivity contribution in [2.45, 2.75) is 10.6 Å². The van der Waals surface area contributed by atoms with Crippen LogP contribution in [0.2, 0.25) is 10.0 Å². The highest BCUT2D eigenvalue weighted by molar-refractivity contribution is 9.10. The zero-order chi connectivity index (χ0) is 13.8. The summed E-state index contributed by atoms with van der Waals surface area (Å²) in [6.45, 7) is 0. The van der Waals surface area contributed by atoms with Crippen LogP contribution in [-0.4, -0.2) is 7.11 Å². The maximum atomic E-state index is 6.14. The number of ether oxygens (including phenoxy) is 1. The summed E-state index contributed by atoms with van der Waals surface area (Å²) in [5.74, 6) is 1.63. The largest absolute Gasteiger partial charge is 0.497 e. The molecular formula is C14H11BrCl2OS. The molecule has 0 aliphatic heterocycles. The fourth-order valence-electron chi connectivity index (χ4n) is 1.53. The molecule has 0 atom stereocenters. The van der Waals surface area contributed by atoms with Crippen LogP contribution in [0.4, 0.5) is 0 Å². The highest BCUT2D eigenvalue weighted by atomic mass is 79.9. The van der Waals surface area contributed by atoms with Gasteiger partial charge in [0.2, 0.25) is 0 Å². The van der Waals surface area contributed by atoms with E-state index in [0.717, 1.165) is 26.4 Å². The van der Waals surface area contributed by atoms with Gasteiger partial charge in [0.25, 0.3) is 0 Å². The molecule has 0 spiro atoms. The van der Waals surface area contributed by atoms with Crippen LogP contribution in [-0.2, 0) is 5.75 Å². The Hall–Kier alpha value is -0.350. The van der Waals surface area contributed by atoms with Crippen molar-refractivity contribution in [2.24, 2.45) is 0 Å². The lowest BCUT2D eigenvalue weighted by molar-refractivity contribution is 0.414. The van der Waals surface area contributed by atoms with Crippen molar-refractivity contribution in [3.05, 3.63) is 56.5 Å². The summed E-state index contributed by atoms with van der Waals surface area (Å²) >= 11 is 17.3. The molecule has 2 aromatic rings. The molecule has 0 fully saturated rings. The normalized spacial score (nSPS) is 10.5. The van der Waals surface area contributed by atoms with E-state index < -0.39 is 0 Å². The highest BCUT2D eigenvalue weighted by Crippen LogP contribution is 2.34. The third-order valence-corrected chi connectivity index (χ3v) is 5.08. The molecule has 0 aromatic heterocycles. The first-order valence-corrected chi connectivity index (χ1v) is 8.04. The number of benzene rings is 2. The van der Waals surface area contributed by atoms with E-state index in [4.69, 9.17) is 27.9 Å². The minimum Gasteiger partial charge on any atom is -0.497 e. The molecule has 0 aliphatic rings. The van der Waals surface area contributed by atoms with Gasteiger partial charge in [0, 0.05) is 20.1 Å². The molecular weight excluding hydrogens is 367 g/mol. The van der Waals surface area contributed by atoms with E-state index >= 15 is 0 Å². The third-order valence-electron chi connectivity index (χ3n) is 2.53. The van der Waals surface area contributed by atoms with Gasteiger partial charge in [-0.05, 0) is 42.0 Å². The summed E-state index contributed by atoms with van der Waals surface area (Å²) in [6.07, 6.45) is 0. The molecule has 100 valence electrons. The third kappa shape index (κ3) is 4.06. The summed E-state index contributed by atoms with van der Waals surface area (Å²) in [6, 6.07) is 11.4. The molecule has 0 radical (unpaired) electrons. The molecule has 0 N–H and O–H groups in total. The van der Waals surface area contributed by atoms with Gasteiger partial charge in [-0.3, -0.25) is 0 Å². The van der Waals surface area contributed by atoms with Gasteiger partial charge in [0.1, 0.15) is 5.75 Å². The molecule has 2 rings (SSSR count). The number of thioether (sulfide) groups is 1. The van der Waals surface area contributed by atoms with Gasteiger partial charge < -0.3 is 4.74 Å². The van der Waals surface area contributed by atoms with Crippen molar-refractivity contribution in [2.75, 3.05) is 7.11 Å². The van der Waals surface area contributed by atoms with Crippen molar-refractivity contribution in [3.8, 4) is 5.75 Å². The average molecular weight is 378 g/mol. The molecule has 0 saturated carbocycles. The summed E-state index contributed by atoms with van der Waals surface area (Å²) in [4.78, 5) is 0.976. The van der Waals surface area contributed by atoms with Crippen LogP contribution >= 0.6 is 50.9 Å². The van der Waals surface area contributed by atoms with E-state index in [1.165, 1.54) is 0 Å². The van der Waals surface area contributed by atoms with E-state index in [1.807, 2.05) is 30.3 Å². The number of rotatable bonds is 4. The number of methoxy groups -OCH3 is 1. The van der Waals surface area contributed by atoms with E-state index in [9.17, 15) is 0 Å². The molecule has 2 aromatic carbocycles. The molecule has 0 aliphatic carbocycles. The lowest BCUT2D eigenvalue weighted by atomic mass is 10.2. The zero-order valence-corrected chi connectivity index (χ0v) is 14.0. The van der Waals surface area contributed by atoms with Crippen LogP contribution < -0.4 is 4.74 Å². The van der Waals surface area contributed by atoms with Gasteiger partial charge >= 0.3 is 0 Å². The van der Waals surface area contributed by atoms with Gasteiger partial charge in [-0.2, -0.15) is 0 Å². The summed E-state index contributed by atoms with van der Waals surface area (Å²) < 4.78 is 6.28. The van der Waals surface area contributed by atoms with Gasteiger partial charge in [0.15, 0.2) is 0 Å². The quantitative estimate of drug-likeness (QED) is 0.599. The Kier molecular flexibility index (Phi) is 5.46. The standard InChI is InChI=1S/C14H11BrCl2OS/c1-18-11-3-4-12(15)9(6-11)8-19-14-7-10(16)2-5-13(14)17/h2-7H,8H2,1H3. The molecule has 19 heavy (non-hydrogen) atoms. The summed E-state index contributed by atoms with van der Waals surface area (Å²) in [7, 11) is 1.66. The van der Waals surface area contributed by atoms with Crippen molar-refractivity contribution in [1.29, 1.82) is 0 Å². The Bertz CT molecular complexity index is 590. The second-order valence-electron chi connectivity index (χ2n) is 3.82. The predicted octanol–water partition coefficient (Wildman–Crippen LogP) is 6.06. The fourth-order valence-corrected chi connectivity index (χ4v) is 3.59. The molecule has 5 heteroatoms. The Morgan fingerprint density at radius 3 is 2.68 bits per heavy atom. The van der Waals surface area contributed by atoms with E-state index in [0.29, 0.717) is 10.0 Å². The van der Waals surface area contributed by atoms with Crippen LogP contribution in [0.3, 0.4) is 0 Å². The second kappa shape index (κ2) is 6.89. The molecule has 0 bridgehead atoms. The monoisotopic (exact) mass is 376 g/mol. The predicted molar refractivity (Wildman–Crippen MR) is 86.7 cm³/mol. The fraction of sp³-hybridized carbons (Fsp3) is 0.143. The van der Waals surface area contributed by atoms with Crippen molar-refractivity contribution in [1.82, 2.24) is 0 Å². The SMILES string of the molecule is COc1ccc(Br)c(CSc2cc(Cl)ccc2Cl)c1. The van der Waals surface area contributed by atoms with Crippen LogP contribution in [0.15, 0.2) is 45.8 Å². The minimum atomic E-state index is 0.691. The van der Waals surface area contributed by atoms with Crippen LogP contribution in [0.1, 0.15) is 5.56 Å². The first-order chi connectivity index (χ1) is 9.10. The molecule has 0 saturated heterocycles. The first-order valence-electron chi connectivity index (χ1n) is 5.50. The van der Waals surface area contributed by atoms with Gasteiger partial charge in [-0.25, -0.2) is 0 Å². The number of hydrogen-bond donors (Lipinski definition) is 0. The van der Waals surface area contributed by atoms with Gasteiger partial charge in [0.05, 0.1) is 12.1 Å². The molecule has 0 unspecified atom stereocenters. The van der Waals surface area contributed by atoms with Gasteiger partial charge in [-0.1, -0.05) is 39.1 Å². The van der Waals surface area contributed by atoms with E-state index in [2.05, 4.69) is 15.9 Å². The number of hydrogen-bond acceptors (Lipinski definition) is 2. The Morgan fingerprint density at radius 2 is 1.95 bits per heavy atom. The highest BCUT2D eigenvalue weighted by Gasteiger charge is 2.06. The Morgan fingerprint density at radius 1 is 1.16 bits per heavy atom. The smallest absolute Gasteiger partial charge is 0.119 e. The topological polar surface area (TPSA) is 9.23 Å². The summed E-state index contributed by atoms with van der Waals surface area (Å²) in [5.41, 5.74) is 1.15.